The van der Waals surface area contributed by atoms with E-state index in [0.29, 0.717) is 46.7 Å². The minimum absolute atomic E-state index is 0.462. The molecule has 0 spiro atoms. The highest BCUT2D eigenvalue weighted by Crippen LogP contribution is 2.34. The fourth-order valence-corrected chi connectivity index (χ4v) is 3.86. The van der Waals surface area contributed by atoms with Crippen LogP contribution in [-0.2, 0) is 4.74 Å². The van der Waals surface area contributed by atoms with Gasteiger partial charge in [0.25, 0.3) is 0 Å². The third-order valence-electron chi connectivity index (χ3n) is 5.27. The average molecular weight is 437 g/mol. The van der Waals surface area contributed by atoms with E-state index in [1.165, 1.54) is 0 Å². The van der Waals surface area contributed by atoms with E-state index < -0.39 is 0 Å². The Kier molecular flexibility index (Phi) is 5.09. The van der Waals surface area contributed by atoms with Gasteiger partial charge in [-0.3, -0.25) is 0 Å². The number of nitrogen functional groups attached to an aromatic ring is 1. The minimum atomic E-state index is 0.462. The Balaban J connectivity index is 1.72. The number of hydrogen-bond donors (Lipinski definition) is 1. The molecule has 0 amide bonds. The molecule has 2 aromatic heterocycles. The monoisotopic (exact) mass is 436 g/mol. The molecule has 2 N–H and O–H groups in total. The first kappa shape index (κ1) is 19.6. The lowest BCUT2D eigenvalue weighted by Crippen LogP contribution is -2.37. The van der Waals surface area contributed by atoms with Crippen molar-refractivity contribution < 1.29 is 9.47 Å². The largest absolute Gasteiger partial charge is 0.497 e. The highest BCUT2D eigenvalue weighted by atomic mass is 35.5. The first-order chi connectivity index (χ1) is 15.1. The number of benzene rings is 2. The van der Waals surface area contributed by atoms with E-state index in [0.717, 1.165) is 30.1 Å². The summed E-state index contributed by atoms with van der Waals surface area (Å²) >= 11 is 6.27. The topological polar surface area (TPSA) is 91.3 Å². The summed E-state index contributed by atoms with van der Waals surface area (Å²) in [4.78, 5) is 11.7. The summed E-state index contributed by atoms with van der Waals surface area (Å²) in [5, 5.41) is 6.02. The third-order valence-corrected chi connectivity index (χ3v) is 5.50. The van der Waals surface area contributed by atoms with Crippen LogP contribution in [0.15, 0.2) is 48.5 Å². The number of rotatable bonds is 4. The molecule has 0 radical (unpaired) electrons. The molecule has 31 heavy (non-hydrogen) atoms. The van der Waals surface area contributed by atoms with Gasteiger partial charge in [0.15, 0.2) is 5.65 Å². The van der Waals surface area contributed by atoms with Gasteiger partial charge in [0.2, 0.25) is 5.95 Å². The number of fused-ring (bicyclic) bond motifs is 1. The van der Waals surface area contributed by atoms with Crippen LogP contribution in [0.3, 0.4) is 0 Å². The standard InChI is InChI=1S/C22H21ClN6O2/c1-30-17-7-5-16(6-8-17)29-20(24)18-19(14-3-2-4-15(23)13-14)25-22(26-21(18)27-29)28-9-11-31-12-10-28/h2-8,13H,9-12,24H2,1H3. The van der Waals surface area contributed by atoms with Crippen LogP contribution in [0.2, 0.25) is 5.02 Å². The van der Waals surface area contributed by atoms with Crippen LogP contribution in [0, 0.1) is 0 Å². The molecule has 0 bridgehead atoms. The van der Waals surface area contributed by atoms with Gasteiger partial charge >= 0.3 is 0 Å². The van der Waals surface area contributed by atoms with Gasteiger partial charge in [0.05, 0.1) is 37.1 Å². The molecule has 8 nitrogen and oxygen atoms in total. The summed E-state index contributed by atoms with van der Waals surface area (Å²) in [6, 6.07) is 15.1. The number of aromatic nitrogens is 4. The molecule has 1 fully saturated rings. The molecule has 1 aliphatic rings. The molecule has 158 valence electrons. The fraction of sp³-hybridized carbons (Fsp3) is 0.227. The van der Waals surface area contributed by atoms with Crippen molar-refractivity contribution in [2.45, 2.75) is 0 Å². The predicted molar refractivity (Wildman–Crippen MR) is 121 cm³/mol. The van der Waals surface area contributed by atoms with Crippen LogP contribution in [0.1, 0.15) is 0 Å². The second-order valence-electron chi connectivity index (χ2n) is 7.18. The minimum Gasteiger partial charge on any atom is -0.497 e. The number of morpholine rings is 1. The van der Waals surface area contributed by atoms with Crippen molar-refractivity contribution in [3.05, 3.63) is 53.6 Å². The van der Waals surface area contributed by atoms with Crippen molar-refractivity contribution >= 4 is 34.4 Å². The Bertz CT molecular complexity index is 1230. The average Bonchev–Trinajstić information content (AvgIpc) is 3.15. The van der Waals surface area contributed by atoms with E-state index in [-0.39, 0.29) is 0 Å². The second kappa shape index (κ2) is 8.05. The van der Waals surface area contributed by atoms with Crippen molar-refractivity contribution in [2.24, 2.45) is 0 Å². The molecule has 0 atom stereocenters. The van der Waals surface area contributed by atoms with Crippen LogP contribution in [0.5, 0.6) is 5.75 Å². The van der Waals surface area contributed by atoms with Crippen LogP contribution >= 0.6 is 11.6 Å². The quantitative estimate of drug-likeness (QED) is 0.523. The van der Waals surface area contributed by atoms with Gasteiger partial charge in [0, 0.05) is 23.7 Å². The van der Waals surface area contributed by atoms with Gasteiger partial charge in [-0.25, -0.2) is 9.67 Å². The first-order valence-corrected chi connectivity index (χ1v) is 10.3. The summed E-state index contributed by atoms with van der Waals surface area (Å²) < 4.78 is 12.4. The lowest BCUT2D eigenvalue weighted by atomic mass is 10.1. The number of anilines is 2. The van der Waals surface area contributed by atoms with Gasteiger partial charge in [0.1, 0.15) is 11.6 Å². The molecule has 2 aromatic carbocycles. The van der Waals surface area contributed by atoms with Gasteiger partial charge in [-0.05, 0) is 36.4 Å². The van der Waals surface area contributed by atoms with Crippen molar-refractivity contribution in [1.82, 2.24) is 19.7 Å². The normalized spacial score (nSPS) is 14.2. The van der Waals surface area contributed by atoms with Gasteiger partial charge in [-0.15, -0.1) is 5.10 Å². The van der Waals surface area contributed by atoms with Crippen molar-refractivity contribution in [3.8, 4) is 22.7 Å². The fourth-order valence-electron chi connectivity index (χ4n) is 3.67. The molecule has 4 aromatic rings. The van der Waals surface area contributed by atoms with Gasteiger partial charge < -0.3 is 20.1 Å². The van der Waals surface area contributed by atoms with E-state index >= 15 is 0 Å². The van der Waals surface area contributed by atoms with Crippen molar-refractivity contribution in [2.75, 3.05) is 44.0 Å². The molecule has 1 saturated heterocycles. The van der Waals surface area contributed by atoms with E-state index in [1.54, 1.807) is 11.8 Å². The van der Waals surface area contributed by atoms with Crippen molar-refractivity contribution in [3.63, 3.8) is 0 Å². The van der Waals surface area contributed by atoms with Crippen LogP contribution in [-0.4, -0.2) is 53.2 Å². The third kappa shape index (κ3) is 3.64. The Morgan fingerprint density at radius 3 is 2.55 bits per heavy atom. The maximum atomic E-state index is 6.57. The molecule has 0 saturated carbocycles. The molecule has 3 heterocycles. The Morgan fingerprint density at radius 2 is 1.84 bits per heavy atom. The molecule has 0 unspecified atom stereocenters. The maximum Gasteiger partial charge on any atom is 0.228 e. The zero-order valence-corrected chi connectivity index (χ0v) is 17.7. The lowest BCUT2D eigenvalue weighted by molar-refractivity contribution is 0.122. The summed E-state index contributed by atoms with van der Waals surface area (Å²) in [5.74, 6) is 1.82. The molecular weight excluding hydrogens is 416 g/mol. The molecule has 0 aliphatic carbocycles. The highest BCUT2D eigenvalue weighted by molar-refractivity contribution is 6.30. The van der Waals surface area contributed by atoms with E-state index in [4.69, 9.17) is 41.9 Å². The molecule has 1 aliphatic heterocycles. The molecule has 5 rings (SSSR count). The number of nitrogens with zero attached hydrogens (tertiary/aromatic N) is 5. The summed E-state index contributed by atoms with van der Waals surface area (Å²) in [6.45, 7) is 2.71. The number of hydrogen-bond acceptors (Lipinski definition) is 7. The van der Waals surface area contributed by atoms with Crippen LogP contribution in [0.25, 0.3) is 28.0 Å². The lowest BCUT2D eigenvalue weighted by Gasteiger charge is -2.27. The van der Waals surface area contributed by atoms with Gasteiger partial charge in [-0.1, -0.05) is 23.7 Å². The highest BCUT2D eigenvalue weighted by Gasteiger charge is 2.22. The number of ether oxygens (including phenoxy) is 2. The number of methoxy groups -OCH3 is 1. The van der Waals surface area contributed by atoms with E-state index in [1.807, 2.05) is 48.5 Å². The summed E-state index contributed by atoms with van der Waals surface area (Å²) in [7, 11) is 1.63. The second-order valence-corrected chi connectivity index (χ2v) is 7.61. The first-order valence-electron chi connectivity index (χ1n) is 9.93. The maximum absolute atomic E-state index is 6.57. The van der Waals surface area contributed by atoms with Gasteiger partial charge in [-0.2, -0.15) is 4.98 Å². The smallest absolute Gasteiger partial charge is 0.228 e. The SMILES string of the molecule is COc1ccc(-n2nc3nc(N4CCOCC4)nc(-c4cccc(Cl)c4)c3c2N)cc1. The Hall–Kier alpha value is -3.36. The zero-order chi connectivity index (χ0) is 21.4. The molecular formula is C22H21ClN6O2. The zero-order valence-electron chi connectivity index (χ0n) is 17.0. The predicted octanol–water partition coefficient (Wildman–Crippen LogP) is 3.56. The molecule has 9 heteroatoms. The van der Waals surface area contributed by atoms with E-state index in [9.17, 15) is 0 Å². The Labute approximate surface area is 184 Å². The number of nitrogens with two attached hydrogens (primary N) is 1. The summed E-state index contributed by atoms with van der Waals surface area (Å²) in [5.41, 5.74) is 9.46. The summed E-state index contributed by atoms with van der Waals surface area (Å²) in [6.07, 6.45) is 0. The number of halogens is 1. The van der Waals surface area contributed by atoms with Crippen molar-refractivity contribution in [1.29, 1.82) is 0 Å². The Morgan fingerprint density at radius 1 is 1.06 bits per heavy atom. The van der Waals surface area contributed by atoms with E-state index in [2.05, 4.69) is 4.90 Å². The van der Waals surface area contributed by atoms with Crippen LogP contribution < -0.4 is 15.4 Å². The van der Waals surface area contributed by atoms with Crippen LogP contribution in [0.4, 0.5) is 11.8 Å².